The minimum absolute atomic E-state index is 0.0381. The number of carbonyl (C=O) groups is 1. The number of likely N-dealkylation sites (tertiary alicyclic amines) is 1. The molecule has 0 aromatic heterocycles. The Kier molecular flexibility index (Phi) is 7.45. The summed E-state index contributed by atoms with van der Waals surface area (Å²) in [6.07, 6.45) is 12.3. The molecule has 1 aliphatic carbocycles. The maximum atomic E-state index is 13.1. The number of carbonyl (C=O) groups excluding carboxylic acids is 1. The maximum Gasteiger partial charge on any atom is 0.288 e. The number of hydrogen-bond donors (Lipinski definition) is 1. The number of benzene rings is 1. The largest absolute Gasteiger partial charge is 0.459 e. The third-order valence-corrected chi connectivity index (χ3v) is 6.84. The Labute approximate surface area is 180 Å². The lowest BCUT2D eigenvalue weighted by atomic mass is 9.77. The molecule has 1 N–H and O–H groups in total. The van der Waals surface area contributed by atoms with Crippen LogP contribution < -0.4 is 0 Å². The third kappa shape index (κ3) is 5.44. The van der Waals surface area contributed by atoms with Gasteiger partial charge in [-0.1, -0.05) is 43.5 Å². The van der Waals surface area contributed by atoms with Crippen LogP contribution in [0.1, 0.15) is 68.9 Å². The highest BCUT2D eigenvalue weighted by Crippen LogP contribution is 2.37. The highest BCUT2D eigenvalue weighted by atomic mass is 16.7. The maximum absolute atomic E-state index is 13.1. The van der Waals surface area contributed by atoms with Crippen molar-refractivity contribution in [3.05, 3.63) is 47.2 Å². The third-order valence-electron chi connectivity index (χ3n) is 6.84. The van der Waals surface area contributed by atoms with Gasteiger partial charge in [0.2, 0.25) is 6.29 Å². The fourth-order valence-corrected chi connectivity index (χ4v) is 5.01. The Morgan fingerprint density at radius 2 is 1.67 bits per heavy atom. The van der Waals surface area contributed by atoms with Crippen LogP contribution in [0.5, 0.6) is 0 Å². The molecule has 2 aliphatic heterocycles. The average Bonchev–Trinajstić information content (AvgIpc) is 2.83. The molecule has 30 heavy (non-hydrogen) atoms. The predicted molar refractivity (Wildman–Crippen MR) is 115 cm³/mol. The van der Waals surface area contributed by atoms with Gasteiger partial charge in [0.15, 0.2) is 5.76 Å². The van der Waals surface area contributed by atoms with E-state index in [4.69, 9.17) is 9.47 Å². The van der Waals surface area contributed by atoms with Crippen molar-refractivity contribution in [1.82, 2.24) is 4.90 Å². The van der Waals surface area contributed by atoms with Gasteiger partial charge in [0, 0.05) is 19.5 Å². The summed E-state index contributed by atoms with van der Waals surface area (Å²) in [7, 11) is 0. The SMILES string of the molecule is O=C(C1=C[C@@H](C2CCCCC2)C[C@@H](OCc2ccc(CO)cc2)O1)N1CCCCC1. The molecule has 2 fully saturated rings. The predicted octanol–water partition coefficient (Wildman–Crippen LogP) is 4.53. The number of ether oxygens (including phenoxy) is 2. The first-order chi connectivity index (χ1) is 14.7. The van der Waals surface area contributed by atoms with Crippen LogP contribution in [0.3, 0.4) is 0 Å². The van der Waals surface area contributed by atoms with E-state index in [1.807, 2.05) is 29.2 Å². The van der Waals surface area contributed by atoms with E-state index in [9.17, 15) is 9.90 Å². The smallest absolute Gasteiger partial charge is 0.288 e. The summed E-state index contributed by atoms with van der Waals surface area (Å²) in [5, 5.41) is 9.21. The van der Waals surface area contributed by atoms with Gasteiger partial charge in [-0.2, -0.15) is 0 Å². The van der Waals surface area contributed by atoms with Gasteiger partial charge in [0.25, 0.3) is 5.91 Å². The van der Waals surface area contributed by atoms with Crippen molar-refractivity contribution >= 4 is 5.91 Å². The standard InChI is InChI=1S/C25H35NO4/c27-17-19-9-11-20(12-10-19)18-29-24-16-22(21-7-3-1-4-8-21)15-23(30-24)25(28)26-13-5-2-6-14-26/h9-12,15,21-22,24,27H,1-8,13-14,16-18H2/t22-,24+/m1/s1. The van der Waals surface area contributed by atoms with Gasteiger partial charge < -0.3 is 19.5 Å². The van der Waals surface area contributed by atoms with E-state index in [0.717, 1.165) is 43.5 Å². The van der Waals surface area contributed by atoms with Gasteiger partial charge in [-0.05, 0) is 61.1 Å². The van der Waals surface area contributed by atoms with Gasteiger partial charge in [-0.15, -0.1) is 0 Å². The van der Waals surface area contributed by atoms with Crippen LogP contribution in [0.2, 0.25) is 0 Å². The quantitative estimate of drug-likeness (QED) is 0.744. The molecule has 164 valence electrons. The molecule has 2 heterocycles. The molecule has 3 aliphatic rings. The van der Waals surface area contributed by atoms with Crippen LogP contribution in [0, 0.1) is 11.8 Å². The second kappa shape index (κ2) is 10.5. The van der Waals surface area contributed by atoms with E-state index in [-0.39, 0.29) is 18.8 Å². The molecule has 0 bridgehead atoms. The molecule has 0 unspecified atom stereocenters. The van der Waals surface area contributed by atoms with Crippen molar-refractivity contribution in [2.75, 3.05) is 13.1 Å². The lowest BCUT2D eigenvalue weighted by Crippen LogP contribution is -2.40. The molecule has 0 radical (unpaired) electrons. The summed E-state index contributed by atoms with van der Waals surface area (Å²) in [6, 6.07) is 7.78. The van der Waals surface area contributed by atoms with E-state index in [2.05, 4.69) is 6.08 Å². The minimum Gasteiger partial charge on any atom is -0.459 e. The monoisotopic (exact) mass is 413 g/mol. The first-order valence-electron chi connectivity index (χ1n) is 11.7. The highest BCUT2D eigenvalue weighted by molar-refractivity contribution is 5.91. The molecule has 2 atom stereocenters. The van der Waals surface area contributed by atoms with Crippen LogP contribution >= 0.6 is 0 Å². The summed E-state index contributed by atoms with van der Waals surface area (Å²) in [5.41, 5.74) is 1.94. The molecule has 1 saturated carbocycles. The molecule has 1 amide bonds. The molecule has 5 nitrogen and oxygen atoms in total. The Balaban J connectivity index is 1.43. The van der Waals surface area contributed by atoms with Crippen molar-refractivity contribution in [2.24, 2.45) is 11.8 Å². The lowest BCUT2D eigenvalue weighted by molar-refractivity contribution is -0.161. The van der Waals surface area contributed by atoms with Crippen LogP contribution in [0.15, 0.2) is 36.1 Å². The summed E-state index contributed by atoms with van der Waals surface area (Å²) < 4.78 is 12.2. The summed E-state index contributed by atoms with van der Waals surface area (Å²) in [6.45, 7) is 2.15. The van der Waals surface area contributed by atoms with Gasteiger partial charge in [-0.3, -0.25) is 4.79 Å². The molecular weight excluding hydrogens is 378 g/mol. The first kappa shape index (κ1) is 21.4. The molecule has 1 aromatic carbocycles. The number of nitrogens with zero attached hydrogens (tertiary/aromatic N) is 1. The first-order valence-corrected chi connectivity index (χ1v) is 11.7. The van der Waals surface area contributed by atoms with Crippen molar-refractivity contribution in [3.8, 4) is 0 Å². The second-order valence-corrected chi connectivity index (χ2v) is 9.01. The topological polar surface area (TPSA) is 59.0 Å². The van der Waals surface area contributed by atoms with Crippen molar-refractivity contribution in [2.45, 2.75) is 77.3 Å². The van der Waals surface area contributed by atoms with Gasteiger partial charge >= 0.3 is 0 Å². The number of amides is 1. The Hall–Kier alpha value is -1.85. The second-order valence-electron chi connectivity index (χ2n) is 9.01. The summed E-state index contributed by atoms with van der Waals surface area (Å²) in [5.74, 6) is 1.52. The summed E-state index contributed by atoms with van der Waals surface area (Å²) in [4.78, 5) is 15.1. The van der Waals surface area contributed by atoms with E-state index in [1.54, 1.807) is 0 Å². The number of piperidine rings is 1. The Morgan fingerprint density at radius 3 is 2.37 bits per heavy atom. The van der Waals surface area contributed by atoms with Gasteiger partial charge in [-0.25, -0.2) is 0 Å². The minimum atomic E-state index is -0.386. The average molecular weight is 414 g/mol. The Bertz CT molecular complexity index is 717. The zero-order chi connectivity index (χ0) is 20.8. The molecular formula is C25H35NO4. The van der Waals surface area contributed by atoms with Crippen molar-refractivity contribution in [1.29, 1.82) is 0 Å². The van der Waals surface area contributed by atoms with E-state index in [0.29, 0.717) is 24.2 Å². The fraction of sp³-hybridized carbons (Fsp3) is 0.640. The molecule has 4 rings (SSSR count). The normalized spacial score (nSPS) is 25.5. The van der Waals surface area contributed by atoms with Crippen LogP contribution in [0.25, 0.3) is 0 Å². The fourth-order valence-electron chi connectivity index (χ4n) is 5.01. The lowest BCUT2D eigenvalue weighted by Gasteiger charge is -2.36. The van der Waals surface area contributed by atoms with Crippen LogP contribution in [-0.4, -0.2) is 35.3 Å². The van der Waals surface area contributed by atoms with E-state index in [1.165, 1.54) is 38.5 Å². The van der Waals surface area contributed by atoms with E-state index < -0.39 is 0 Å². The van der Waals surface area contributed by atoms with Crippen molar-refractivity contribution < 1.29 is 19.4 Å². The van der Waals surface area contributed by atoms with Crippen molar-refractivity contribution in [3.63, 3.8) is 0 Å². The number of rotatable bonds is 6. The highest BCUT2D eigenvalue weighted by Gasteiger charge is 2.34. The molecule has 1 aromatic rings. The summed E-state index contributed by atoms with van der Waals surface area (Å²) >= 11 is 0. The van der Waals surface area contributed by atoms with Crippen LogP contribution in [-0.2, 0) is 27.5 Å². The van der Waals surface area contributed by atoms with Gasteiger partial charge in [0.1, 0.15) is 0 Å². The number of aliphatic hydroxyl groups excluding tert-OH is 1. The van der Waals surface area contributed by atoms with E-state index >= 15 is 0 Å². The Morgan fingerprint density at radius 1 is 1.00 bits per heavy atom. The van der Waals surface area contributed by atoms with Crippen LogP contribution in [0.4, 0.5) is 0 Å². The number of aliphatic hydroxyl groups is 1. The molecule has 0 spiro atoms. The molecule has 5 heteroatoms. The molecule has 1 saturated heterocycles. The van der Waals surface area contributed by atoms with Gasteiger partial charge in [0.05, 0.1) is 13.2 Å². The zero-order valence-electron chi connectivity index (χ0n) is 17.9. The number of allylic oxidation sites excluding steroid dienone is 1. The zero-order valence-corrected chi connectivity index (χ0v) is 17.9. The number of hydrogen-bond acceptors (Lipinski definition) is 4.